The summed E-state index contributed by atoms with van der Waals surface area (Å²) in [5.74, 6) is 3.68. The van der Waals surface area contributed by atoms with E-state index in [4.69, 9.17) is 15.0 Å². The van der Waals surface area contributed by atoms with Crippen LogP contribution in [0.25, 0.3) is 0 Å². The van der Waals surface area contributed by atoms with Gasteiger partial charge in [-0.3, -0.25) is 14.9 Å². The van der Waals surface area contributed by atoms with E-state index >= 15 is 0 Å². The number of H-pyrrole nitrogens is 1. The summed E-state index contributed by atoms with van der Waals surface area (Å²) in [6.07, 6.45) is 8.20. The SMILES string of the molecule is CN1CCCN(c2nc(Nc3cc(C4CC4)[nH]n3)nc(N3CCC(c4nccnc4NC=O)C3)n2)CC1. The van der Waals surface area contributed by atoms with Crippen molar-refractivity contribution >= 4 is 35.9 Å². The molecule has 3 aromatic rings. The van der Waals surface area contributed by atoms with Crippen molar-refractivity contribution in [1.29, 1.82) is 0 Å². The first-order chi connectivity index (χ1) is 18.2. The van der Waals surface area contributed by atoms with Crippen LogP contribution < -0.4 is 20.4 Å². The van der Waals surface area contributed by atoms with Crippen molar-refractivity contribution in [2.45, 2.75) is 37.5 Å². The zero-order chi connectivity index (χ0) is 25.2. The molecule has 6 rings (SSSR count). The van der Waals surface area contributed by atoms with Gasteiger partial charge in [0.15, 0.2) is 11.6 Å². The fraction of sp³-hybridized carbons (Fsp3) is 0.542. The maximum absolute atomic E-state index is 11.1. The molecule has 2 saturated heterocycles. The van der Waals surface area contributed by atoms with E-state index in [1.807, 2.05) is 6.07 Å². The van der Waals surface area contributed by atoms with Gasteiger partial charge >= 0.3 is 0 Å². The van der Waals surface area contributed by atoms with Crippen LogP contribution in [0.3, 0.4) is 0 Å². The van der Waals surface area contributed by atoms with Gasteiger partial charge in [0.2, 0.25) is 24.3 Å². The highest BCUT2D eigenvalue weighted by molar-refractivity contribution is 5.70. The number of anilines is 5. The van der Waals surface area contributed by atoms with E-state index in [2.05, 4.69) is 52.5 Å². The first kappa shape index (κ1) is 23.5. The molecule has 0 radical (unpaired) electrons. The molecule has 194 valence electrons. The predicted molar refractivity (Wildman–Crippen MR) is 139 cm³/mol. The average molecular weight is 505 g/mol. The summed E-state index contributed by atoms with van der Waals surface area (Å²) in [5, 5.41) is 13.5. The lowest BCUT2D eigenvalue weighted by atomic mass is 10.0. The van der Waals surface area contributed by atoms with Crippen LogP contribution in [0.4, 0.5) is 29.5 Å². The number of nitrogens with zero attached hydrogens (tertiary/aromatic N) is 9. The van der Waals surface area contributed by atoms with Crippen LogP contribution in [-0.4, -0.2) is 92.7 Å². The highest BCUT2D eigenvalue weighted by Gasteiger charge is 2.30. The molecule has 3 aromatic heterocycles. The summed E-state index contributed by atoms with van der Waals surface area (Å²) < 4.78 is 0. The number of likely N-dealkylation sites (N-methyl/N-ethyl adjacent to an activating group) is 1. The van der Waals surface area contributed by atoms with Gasteiger partial charge in [0.25, 0.3) is 0 Å². The molecule has 1 amide bonds. The zero-order valence-electron chi connectivity index (χ0n) is 21.0. The largest absolute Gasteiger partial charge is 0.340 e. The molecular weight excluding hydrogens is 472 g/mol. The Hall–Kier alpha value is -3.87. The Bertz CT molecular complexity index is 1240. The first-order valence-corrected chi connectivity index (χ1v) is 12.9. The Kier molecular flexibility index (Phi) is 6.51. The van der Waals surface area contributed by atoms with Gasteiger partial charge in [-0.1, -0.05) is 0 Å². The van der Waals surface area contributed by atoms with E-state index < -0.39 is 0 Å². The van der Waals surface area contributed by atoms with Gasteiger partial charge in [-0.15, -0.1) is 0 Å². The van der Waals surface area contributed by atoms with Crippen LogP contribution in [0.1, 0.15) is 48.9 Å². The number of carbonyl (C=O) groups excluding carboxylic acids is 1. The van der Waals surface area contributed by atoms with Gasteiger partial charge in [0, 0.05) is 68.7 Å². The molecule has 3 aliphatic rings. The van der Waals surface area contributed by atoms with Gasteiger partial charge < -0.3 is 25.3 Å². The molecule has 0 aromatic carbocycles. The summed E-state index contributed by atoms with van der Waals surface area (Å²) in [4.78, 5) is 41.1. The van der Waals surface area contributed by atoms with Crippen molar-refractivity contribution in [1.82, 2.24) is 40.0 Å². The minimum Gasteiger partial charge on any atom is -0.340 e. The van der Waals surface area contributed by atoms with Crippen LogP contribution in [0.5, 0.6) is 0 Å². The summed E-state index contributed by atoms with van der Waals surface area (Å²) in [5.41, 5.74) is 1.93. The van der Waals surface area contributed by atoms with E-state index in [1.54, 1.807) is 12.4 Å². The van der Waals surface area contributed by atoms with Crippen molar-refractivity contribution in [2.24, 2.45) is 0 Å². The molecule has 2 aliphatic heterocycles. The fourth-order valence-electron chi connectivity index (χ4n) is 5.04. The quantitative estimate of drug-likeness (QED) is 0.386. The Labute approximate surface area is 215 Å². The van der Waals surface area contributed by atoms with Crippen LogP contribution >= 0.6 is 0 Å². The van der Waals surface area contributed by atoms with Crippen molar-refractivity contribution in [3.8, 4) is 0 Å². The number of amides is 1. The average Bonchev–Trinajstić information content (AvgIpc) is 3.53. The second-order valence-corrected chi connectivity index (χ2v) is 9.99. The van der Waals surface area contributed by atoms with Crippen LogP contribution in [-0.2, 0) is 4.79 Å². The van der Waals surface area contributed by atoms with Crippen molar-refractivity contribution in [3.63, 3.8) is 0 Å². The summed E-state index contributed by atoms with van der Waals surface area (Å²) >= 11 is 0. The maximum atomic E-state index is 11.1. The molecule has 1 unspecified atom stereocenters. The molecule has 1 atom stereocenters. The van der Waals surface area contributed by atoms with Gasteiger partial charge in [0.05, 0.1) is 5.69 Å². The zero-order valence-corrected chi connectivity index (χ0v) is 21.0. The number of aromatic amines is 1. The molecule has 13 nitrogen and oxygen atoms in total. The number of rotatable bonds is 8. The first-order valence-electron chi connectivity index (χ1n) is 12.9. The van der Waals surface area contributed by atoms with Crippen LogP contribution in [0.15, 0.2) is 18.5 Å². The number of aromatic nitrogens is 7. The van der Waals surface area contributed by atoms with Crippen molar-refractivity contribution in [3.05, 3.63) is 29.8 Å². The van der Waals surface area contributed by atoms with Crippen LogP contribution in [0.2, 0.25) is 0 Å². The molecule has 3 fully saturated rings. The monoisotopic (exact) mass is 504 g/mol. The molecular formula is C24H32N12O. The van der Waals surface area contributed by atoms with E-state index in [1.165, 1.54) is 12.8 Å². The topological polar surface area (TPSA) is 144 Å². The number of nitrogens with one attached hydrogen (secondary N) is 3. The number of carbonyl (C=O) groups is 1. The lowest BCUT2D eigenvalue weighted by Crippen LogP contribution is -2.31. The highest BCUT2D eigenvalue weighted by Crippen LogP contribution is 2.39. The second kappa shape index (κ2) is 10.2. The number of hydrogen-bond donors (Lipinski definition) is 3. The normalized spacial score (nSPS) is 20.6. The predicted octanol–water partition coefficient (Wildman–Crippen LogP) is 1.71. The Balaban J connectivity index is 1.27. The summed E-state index contributed by atoms with van der Waals surface area (Å²) in [7, 11) is 2.15. The lowest BCUT2D eigenvalue weighted by molar-refractivity contribution is -0.105. The molecule has 1 aliphatic carbocycles. The molecule has 37 heavy (non-hydrogen) atoms. The van der Waals surface area contributed by atoms with Crippen molar-refractivity contribution < 1.29 is 4.79 Å². The highest BCUT2D eigenvalue weighted by atomic mass is 16.1. The third-order valence-corrected chi connectivity index (χ3v) is 7.25. The molecule has 5 heterocycles. The minimum absolute atomic E-state index is 0.104. The summed E-state index contributed by atoms with van der Waals surface area (Å²) in [6.45, 7) is 5.20. The molecule has 0 bridgehead atoms. The van der Waals surface area contributed by atoms with Crippen molar-refractivity contribution in [2.75, 3.05) is 66.7 Å². The number of hydrogen-bond acceptors (Lipinski definition) is 11. The van der Waals surface area contributed by atoms with E-state index in [-0.39, 0.29) is 5.92 Å². The summed E-state index contributed by atoms with van der Waals surface area (Å²) in [6, 6.07) is 2.04. The second-order valence-electron chi connectivity index (χ2n) is 9.99. The van der Waals surface area contributed by atoms with E-state index in [0.717, 1.165) is 57.0 Å². The molecule has 3 N–H and O–H groups in total. The van der Waals surface area contributed by atoms with E-state index in [0.29, 0.717) is 48.4 Å². The third-order valence-electron chi connectivity index (χ3n) is 7.25. The maximum Gasteiger partial charge on any atom is 0.235 e. The standard InChI is InChI=1S/C24H32N12O/c1-34-8-2-9-35(12-11-34)23-29-22(28-19-13-18(32-33-19)16-3-4-16)30-24(31-23)36-10-5-17(14-36)20-21(27-15-37)26-7-6-25-20/h6-7,13,15-17H,2-5,8-12,14H2,1H3,(H,26,27,37)(H2,28,29,30,31,32,33). The molecule has 1 saturated carbocycles. The third kappa shape index (κ3) is 5.31. The van der Waals surface area contributed by atoms with Gasteiger partial charge in [0.1, 0.15) is 0 Å². The Morgan fingerprint density at radius 2 is 1.78 bits per heavy atom. The molecule has 13 heteroatoms. The fourth-order valence-corrected chi connectivity index (χ4v) is 5.04. The van der Waals surface area contributed by atoms with Gasteiger partial charge in [-0.2, -0.15) is 20.1 Å². The van der Waals surface area contributed by atoms with E-state index in [9.17, 15) is 4.79 Å². The Morgan fingerprint density at radius 3 is 2.62 bits per heavy atom. The smallest absolute Gasteiger partial charge is 0.235 e. The Morgan fingerprint density at radius 1 is 0.946 bits per heavy atom. The van der Waals surface area contributed by atoms with Gasteiger partial charge in [-0.05, 0) is 39.3 Å². The van der Waals surface area contributed by atoms with Crippen LogP contribution in [0, 0.1) is 0 Å². The van der Waals surface area contributed by atoms with Gasteiger partial charge in [-0.25, -0.2) is 4.98 Å². The minimum atomic E-state index is 0.104. The molecule has 0 spiro atoms. The lowest BCUT2D eigenvalue weighted by Gasteiger charge is -2.23.